The average molecular weight is 441 g/mol. The van der Waals surface area contributed by atoms with Crippen molar-refractivity contribution in [3.05, 3.63) is 57.6 Å². The van der Waals surface area contributed by atoms with Crippen LogP contribution in [0.1, 0.15) is 25.1 Å². The number of aromatic nitrogens is 2. The number of fused-ring (bicyclic) bond motifs is 2. The number of amides is 2. The molecule has 1 aliphatic rings. The van der Waals surface area contributed by atoms with E-state index in [-0.39, 0.29) is 5.56 Å². The molecule has 0 radical (unpaired) electrons. The Labute approximate surface area is 183 Å². The number of aryl methyl sites for hydroxylation is 1. The molecular formula is C22H21ClN4O4. The molecule has 0 bridgehead atoms. The summed E-state index contributed by atoms with van der Waals surface area (Å²) in [6.07, 6.45) is 3.79. The van der Waals surface area contributed by atoms with Gasteiger partial charge >= 0.3 is 11.8 Å². The molecule has 1 aromatic heterocycles. The van der Waals surface area contributed by atoms with E-state index in [0.717, 1.165) is 31.5 Å². The standard InChI is InChI=1S/C22H21ClN4O4/c1-31-18-9-7-14(12-16(18)23)25-21(29)20(28)24-13-6-8-17-15(11-13)22(30)27-10-4-2-3-5-19(27)26-17/h6-9,11-12H,2-5,10H2,1H3,(H,24,28)(H,25,29). The van der Waals surface area contributed by atoms with E-state index in [1.165, 1.54) is 13.2 Å². The predicted molar refractivity (Wildman–Crippen MR) is 119 cm³/mol. The van der Waals surface area contributed by atoms with Gasteiger partial charge in [-0.15, -0.1) is 0 Å². The Bertz CT molecular complexity index is 1240. The first-order valence-corrected chi connectivity index (χ1v) is 10.3. The molecular weight excluding hydrogens is 420 g/mol. The Morgan fingerprint density at radius 1 is 1.03 bits per heavy atom. The van der Waals surface area contributed by atoms with Crippen LogP contribution in [0.25, 0.3) is 10.9 Å². The molecule has 9 heteroatoms. The first kappa shape index (κ1) is 20.9. The van der Waals surface area contributed by atoms with Crippen molar-refractivity contribution < 1.29 is 14.3 Å². The zero-order chi connectivity index (χ0) is 22.0. The molecule has 3 aromatic rings. The zero-order valence-electron chi connectivity index (χ0n) is 16.9. The molecule has 2 aromatic carbocycles. The number of carbonyl (C=O) groups excluding carboxylic acids is 2. The van der Waals surface area contributed by atoms with Gasteiger partial charge in [-0.1, -0.05) is 18.0 Å². The quantitative estimate of drug-likeness (QED) is 0.608. The van der Waals surface area contributed by atoms with Gasteiger partial charge in [0.2, 0.25) is 0 Å². The van der Waals surface area contributed by atoms with Gasteiger partial charge in [-0.05, 0) is 49.2 Å². The maximum absolute atomic E-state index is 12.9. The number of anilines is 2. The topological polar surface area (TPSA) is 102 Å². The van der Waals surface area contributed by atoms with Crippen molar-refractivity contribution >= 4 is 45.7 Å². The van der Waals surface area contributed by atoms with Crippen LogP contribution in [0, 0.1) is 0 Å². The summed E-state index contributed by atoms with van der Waals surface area (Å²) in [4.78, 5) is 42.2. The monoisotopic (exact) mass is 440 g/mol. The third kappa shape index (κ3) is 4.39. The molecule has 2 heterocycles. The highest BCUT2D eigenvalue weighted by Crippen LogP contribution is 2.27. The van der Waals surface area contributed by atoms with Crippen molar-refractivity contribution in [2.45, 2.75) is 32.2 Å². The lowest BCUT2D eigenvalue weighted by Gasteiger charge is -2.11. The van der Waals surface area contributed by atoms with Crippen LogP contribution < -0.4 is 20.9 Å². The minimum atomic E-state index is -0.867. The molecule has 1 aliphatic heterocycles. The Hall–Kier alpha value is -3.39. The molecule has 0 unspecified atom stereocenters. The summed E-state index contributed by atoms with van der Waals surface area (Å²) in [7, 11) is 1.48. The Morgan fingerprint density at radius 3 is 2.45 bits per heavy atom. The lowest BCUT2D eigenvalue weighted by Crippen LogP contribution is -2.29. The summed E-state index contributed by atoms with van der Waals surface area (Å²) in [5, 5.41) is 5.72. The first-order chi connectivity index (χ1) is 15.0. The van der Waals surface area contributed by atoms with Gasteiger partial charge in [-0.3, -0.25) is 19.0 Å². The average Bonchev–Trinajstić information content (AvgIpc) is 3.00. The van der Waals surface area contributed by atoms with Crippen LogP contribution in [-0.4, -0.2) is 28.5 Å². The number of halogens is 1. The minimum absolute atomic E-state index is 0.129. The first-order valence-electron chi connectivity index (χ1n) is 9.95. The number of rotatable bonds is 3. The maximum atomic E-state index is 12.9. The number of carbonyl (C=O) groups is 2. The molecule has 0 atom stereocenters. The lowest BCUT2D eigenvalue weighted by molar-refractivity contribution is -0.132. The minimum Gasteiger partial charge on any atom is -0.495 e. The highest BCUT2D eigenvalue weighted by molar-refractivity contribution is 6.43. The largest absolute Gasteiger partial charge is 0.495 e. The summed E-state index contributed by atoms with van der Waals surface area (Å²) in [5.74, 6) is -0.477. The molecule has 160 valence electrons. The number of hydrogen-bond acceptors (Lipinski definition) is 5. The van der Waals surface area contributed by atoms with Crippen LogP contribution in [-0.2, 0) is 22.6 Å². The molecule has 4 rings (SSSR count). The second-order valence-electron chi connectivity index (χ2n) is 7.28. The highest BCUT2D eigenvalue weighted by Gasteiger charge is 2.17. The lowest BCUT2D eigenvalue weighted by atomic mass is 10.2. The predicted octanol–water partition coefficient (Wildman–Crippen LogP) is 3.36. The molecule has 0 spiro atoms. The van der Waals surface area contributed by atoms with Gasteiger partial charge in [0.15, 0.2) is 0 Å². The van der Waals surface area contributed by atoms with Crippen LogP contribution in [0.3, 0.4) is 0 Å². The van der Waals surface area contributed by atoms with Crippen LogP contribution in [0.2, 0.25) is 5.02 Å². The summed E-state index contributed by atoms with van der Waals surface area (Å²) < 4.78 is 6.77. The second kappa shape index (κ2) is 8.77. The van der Waals surface area contributed by atoms with E-state index in [9.17, 15) is 14.4 Å². The van der Waals surface area contributed by atoms with Gasteiger partial charge in [0.1, 0.15) is 11.6 Å². The number of nitrogens with one attached hydrogen (secondary N) is 2. The summed E-state index contributed by atoms with van der Waals surface area (Å²) in [5.41, 5.74) is 1.15. The Kier molecular flexibility index (Phi) is 5.90. The molecule has 8 nitrogen and oxygen atoms in total. The van der Waals surface area contributed by atoms with Crippen molar-refractivity contribution in [1.29, 1.82) is 0 Å². The fourth-order valence-electron chi connectivity index (χ4n) is 3.62. The van der Waals surface area contributed by atoms with Crippen molar-refractivity contribution in [2.24, 2.45) is 0 Å². The molecule has 2 N–H and O–H groups in total. The normalized spacial score (nSPS) is 13.2. The maximum Gasteiger partial charge on any atom is 0.314 e. The zero-order valence-corrected chi connectivity index (χ0v) is 17.7. The van der Waals surface area contributed by atoms with Crippen LogP contribution in [0.4, 0.5) is 11.4 Å². The second-order valence-corrected chi connectivity index (χ2v) is 7.69. The SMILES string of the molecule is COc1ccc(NC(=O)C(=O)Nc2ccc3nc4n(c(=O)c3c2)CCCCC4)cc1Cl. The summed E-state index contributed by atoms with van der Waals surface area (Å²) in [6, 6.07) is 9.50. The van der Waals surface area contributed by atoms with Gasteiger partial charge in [0, 0.05) is 24.3 Å². The van der Waals surface area contributed by atoms with E-state index in [0.29, 0.717) is 39.6 Å². The van der Waals surface area contributed by atoms with E-state index in [2.05, 4.69) is 15.6 Å². The van der Waals surface area contributed by atoms with Crippen LogP contribution in [0.15, 0.2) is 41.2 Å². The van der Waals surface area contributed by atoms with E-state index in [1.54, 1.807) is 34.9 Å². The molecule has 2 amide bonds. The fraction of sp³-hybridized carbons (Fsp3) is 0.273. The van der Waals surface area contributed by atoms with Gasteiger partial charge in [-0.25, -0.2) is 4.98 Å². The molecule has 0 aliphatic carbocycles. The van der Waals surface area contributed by atoms with Gasteiger partial charge in [-0.2, -0.15) is 0 Å². The Morgan fingerprint density at radius 2 is 1.74 bits per heavy atom. The number of methoxy groups -OCH3 is 1. The molecule has 31 heavy (non-hydrogen) atoms. The van der Waals surface area contributed by atoms with E-state index in [1.807, 2.05) is 0 Å². The van der Waals surface area contributed by atoms with Crippen LogP contribution >= 0.6 is 11.6 Å². The van der Waals surface area contributed by atoms with Crippen molar-refractivity contribution in [3.8, 4) is 5.75 Å². The number of benzene rings is 2. The molecule has 0 fully saturated rings. The highest BCUT2D eigenvalue weighted by atomic mass is 35.5. The third-order valence-electron chi connectivity index (χ3n) is 5.19. The number of nitrogens with zero attached hydrogens (tertiary/aromatic N) is 2. The molecule has 0 saturated heterocycles. The van der Waals surface area contributed by atoms with E-state index in [4.69, 9.17) is 16.3 Å². The molecule has 0 saturated carbocycles. The van der Waals surface area contributed by atoms with Crippen molar-refractivity contribution in [3.63, 3.8) is 0 Å². The summed E-state index contributed by atoms with van der Waals surface area (Å²) >= 11 is 6.04. The third-order valence-corrected chi connectivity index (χ3v) is 5.48. The summed E-state index contributed by atoms with van der Waals surface area (Å²) in [6.45, 7) is 0.639. The van der Waals surface area contributed by atoms with Gasteiger partial charge < -0.3 is 15.4 Å². The van der Waals surface area contributed by atoms with Gasteiger partial charge in [0.25, 0.3) is 5.56 Å². The van der Waals surface area contributed by atoms with Crippen LogP contribution in [0.5, 0.6) is 5.75 Å². The van der Waals surface area contributed by atoms with E-state index < -0.39 is 11.8 Å². The van der Waals surface area contributed by atoms with Crippen molar-refractivity contribution in [2.75, 3.05) is 17.7 Å². The van der Waals surface area contributed by atoms with Gasteiger partial charge in [0.05, 0.1) is 23.0 Å². The Balaban J connectivity index is 1.53. The smallest absolute Gasteiger partial charge is 0.314 e. The van der Waals surface area contributed by atoms with Crippen molar-refractivity contribution in [1.82, 2.24) is 9.55 Å². The fourth-order valence-corrected chi connectivity index (χ4v) is 3.87. The number of ether oxygens (including phenoxy) is 1. The van der Waals surface area contributed by atoms with E-state index >= 15 is 0 Å². The number of hydrogen-bond donors (Lipinski definition) is 2.